The van der Waals surface area contributed by atoms with Gasteiger partial charge in [-0.05, 0) is 17.3 Å². The molecule has 2 rings (SSSR count). The van der Waals surface area contributed by atoms with E-state index in [-0.39, 0.29) is 5.69 Å². The molecule has 0 atom stereocenters. The number of carboxylic acid groups (broad SMARTS) is 1. The van der Waals surface area contributed by atoms with Gasteiger partial charge in [0.2, 0.25) is 0 Å². The monoisotopic (exact) mass is 238 g/mol. The van der Waals surface area contributed by atoms with E-state index < -0.39 is 17.6 Å². The van der Waals surface area contributed by atoms with E-state index in [0.717, 1.165) is 10.9 Å². The van der Waals surface area contributed by atoms with Gasteiger partial charge in [0.25, 0.3) is 5.82 Å². The van der Waals surface area contributed by atoms with Crippen LogP contribution in [0, 0.1) is 5.82 Å². The molecule has 7 nitrogen and oxygen atoms in total. The van der Waals surface area contributed by atoms with E-state index >= 15 is 0 Å². The molecule has 0 saturated carbocycles. The Morgan fingerprint density at radius 3 is 2.88 bits per heavy atom. The van der Waals surface area contributed by atoms with Crippen molar-refractivity contribution in [2.24, 2.45) is 0 Å². The molecule has 0 unspecified atom stereocenters. The highest BCUT2D eigenvalue weighted by atomic mass is 19.1. The largest absolute Gasteiger partial charge is 0.494 e. The molecular weight excluding hydrogens is 231 g/mol. The molecule has 1 N–H and O–H groups in total. The lowest BCUT2D eigenvalue weighted by Crippen LogP contribution is -2.04. The predicted molar refractivity (Wildman–Crippen MR) is 52.6 cm³/mol. The van der Waals surface area contributed by atoms with Crippen LogP contribution < -0.4 is 4.74 Å². The summed E-state index contributed by atoms with van der Waals surface area (Å²) in [6.45, 7) is 0. The number of benzene rings is 1. The highest BCUT2D eigenvalue weighted by Crippen LogP contribution is 2.21. The van der Waals surface area contributed by atoms with Crippen molar-refractivity contribution in [2.45, 2.75) is 0 Å². The zero-order valence-electron chi connectivity index (χ0n) is 8.66. The minimum Gasteiger partial charge on any atom is -0.494 e. The van der Waals surface area contributed by atoms with Crippen LogP contribution in [-0.4, -0.2) is 38.4 Å². The number of ether oxygens (including phenoxy) is 1. The number of carboxylic acids is 1. The number of nitrogens with zero attached hydrogens (tertiary/aromatic N) is 4. The summed E-state index contributed by atoms with van der Waals surface area (Å²) in [7, 11) is 1.39. The van der Waals surface area contributed by atoms with Crippen molar-refractivity contribution in [2.75, 3.05) is 7.11 Å². The number of carbonyl (C=O) groups is 1. The molecule has 0 aliphatic heterocycles. The van der Waals surface area contributed by atoms with Crippen molar-refractivity contribution in [1.82, 2.24) is 20.2 Å². The number of tetrazole rings is 1. The van der Waals surface area contributed by atoms with Gasteiger partial charge in [-0.25, -0.2) is 9.18 Å². The molecule has 0 saturated heterocycles. The Hall–Kier alpha value is -2.51. The fourth-order valence-corrected chi connectivity index (χ4v) is 1.22. The molecule has 17 heavy (non-hydrogen) atoms. The lowest BCUT2D eigenvalue weighted by atomic mass is 10.3. The molecule has 1 heterocycles. The predicted octanol–water partition coefficient (Wildman–Crippen LogP) is 0.508. The smallest absolute Gasteiger partial charge is 0.377 e. The number of rotatable bonds is 3. The lowest BCUT2D eigenvalue weighted by molar-refractivity contribution is 0.0683. The van der Waals surface area contributed by atoms with E-state index in [1.165, 1.54) is 19.2 Å². The van der Waals surface area contributed by atoms with E-state index in [2.05, 4.69) is 15.4 Å². The molecule has 1 aromatic heterocycles. The average Bonchev–Trinajstić information content (AvgIpc) is 2.78. The Kier molecular flexibility index (Phi) is 2.69. The zero-order chi connectivity index (χ0) is 12.4. The molecule has 8 heteroatoms. The molecule has 0 fully saturated rings. The summed E-state index contributed by atoms with van der Waals surface area (Å²) >= 11 is 0. The maximum atomic E-state index is 13.1. The minimum absolute atomic E-state index is 0.174. The van der Waals surface area contributed by atoms with E-state index in [1.807, 2.05) is 0 Å². The van der Waals surface area contributed by atoms with Gasteiger partial charge in [0.1, 0.15) is 17.3 Å². The molecule has 0 bridgehead atoms. The Labute approximate surface area is 94.4 Å². The van der Waals surface area contributed by atoms with Gasteiger partial charge < -0.3 is 9.84 Å². The van der Waals surface area contributed by atoms with Crippen LogP contribution in [0.15, 0.2) is 18.2 Å². The van der Waals surface area contributed by atoms with Crippen LogP contribution in [0.1, 0.15) is 10.6 Å². The van der Waals surface area contributed by atoms with Crippen LogP contribution in [0.3, 0.4) is 0 Å². The highest BCUT2D eigenvalue weighted by molar-refractivity contribution is 5.82. The first kappa shape index (κ1) is 11.0. The topological polar surface area (TPSA) is 90.1 Å². The third kappa shape index (κ3) is 2.05. The number of hydrogen-bond acceptors (Lipinski definition) is 5. The van der Waals surface area contributed by atoms with E-state index in [1.54, 1.807) is 0 Å². The normalized spacial score (nSPS) is 10.2. The number of halogens is 1. The number of aromatic carboxylic acids is 1. The Balaban J connectivity index is 2.51. The summed E-state index contributed by atoms with van der Waals surface area (Å²) in [4.78, 5) is 11.5. The molecule has 0 spiro atoms. The second kappa shape index (κ2) is 4.16. The number of methoxy groups -OCH3 is 1. The van der Waals surface area contributed by atoms with Gasteiger partial charge in [-0.2, -0.15) is 0 Å². The highest BCUT2D eigenvalue weighted by Gasteiger charge is 2.14. The molecular formula is C9H7FN4O3. The van der Waals surface area contributed by atoms with Gasteiger partial charge in [0.15, 0.2) is 0 Å². The fraction of sp³-hybridized carbons (Fsp3) is 0.111. The second-order valence-electron chi connectivity index (χ2n) is 3.02. The molecule has 0 aliphatic rings. The summed E-state index contributed by atoms with van der Waals surface area (Å²) in [5, 5.41) is 19.0. The van der Waals surface area contributed by atoms with E-state index in [0.29, 0.717) is 5.75 Å². The van der Waals surface area contributed by atoms with Crippen LogP contribution in [0.5, 0.6) is 5.75 Å². The van der Waals surface area contributed by atoms with Gasteiger partial charge >= 0.3 is 5.97 Å². The molecule has 88 valence electrons. The van der Waals surface area contributed by atoms with Gasteiger partial charge in [0.05, 0.1) is 7.11 Å². The molecule has 1 aromatic carbocycles. The zero-order valence-corrected chi connectivity index (χ0v) is 8.66. The van der Waals surface area contributed by atoms with Gasteiger partial charge in [-0.3, -0.25) is 0 Å². The van der Waals surface area contributed by atoms with Crippen LogP contribution in [0.2, 0.25) is 0 Å². The lowest BCUT2D eigenvalue weighted by Gasteiger charge is -2.05. The standard InChI is InChI=1S/C9H7FN4O3/c1-17-7-3-2-5(10)4-6(7)14-12-8(9(15)16)11-13-14/h2-4H,1H3,(H,15,16). The van der Waals surface area contributed by atoms with Crippen molar-refractivity contribution < 1.29 is 19.0 Å². The maximum Gasteiger partial charge on any atom is 0.377 e. The summed E-state index contributed by atoms with van der Waals surface area (Å²) in [5.74, 6) is -2.00. The van der Waals surface area contributed by atoms with Crippen LogP contribution in [-0.2, 0) is 0 Å². The summed E-state index contributed by atoms with van der Waals surface area (Å²) in [6.07, 6.45) is 0. The van der Waals surface area contributed by atoms with Crippen molar-refractivity contribution in [3.8, 4) is 11.4 Å². The van der Waals surface area contributed by atoms with Crippen molar-refractivity contribution >= 4 is 5.97 Å². The molecule has 0 amide bonds. The Bertz CT molecular complexity index is 569. The van der Waals surface area contributed by atoms with E-state index in [9.17, 15) is 9.18 Å². The molecule has 2 aromatic rings. The van der Waals surface area contributed by atoms with Gasteiger partial charge in [-0.1, -0.05) is 0 Å². The molecule has 0 aliphatic carbocycles. The van der Waals surface area contributed by atoms with Gasteiger partial charge in [0, 0.05) is 6.07 Å². The van der Waals surface area contributed by atoms with E-state index in [4.69, 9.17) is 9.84 Å². The van der Waals surface area contributed by atoms with Crippen LogP contribution in [0.25, 0.3) is 5.69 Å². The third-order valence-corrected chi connectivity index (χ3v) is 1.96. The first-order valence-corrected chi connectivity index (χ1v) is 4.49. The summed E-state index contributed by atoms with van der Waals surface area (Å²) in [5.41, 5.74) is 0.174. The fourth-order valence-electron chi connectivity index (χ4n) is 1.22. The summed E-state index contributed by atoms with van der Waals surface area (Å²) in [6, 6.07) is 3.71. The van der Waals surface area contributed by atoms with Gasteiger partial charge in [-0.15, -0.1) is 15.0 Å². The van der Waals surface area contributed by atoms with Crippen LogP contribution >= 0.6 is 0 Å². The Morgan fingerprint density at radius 2 is 2.29 bits per heavy atom. The molecule has 0 radical (unpaired) electrons. The second-order valence-corrected chi connectivity index (χ2v) is 3.02. The van der Waals surface area contributed by atoms with Crippen LogP contribution in [0.4, 0.5) is 4.39 Å². The Morgan fingerprint density at radius 1 is 1.53 bits per heavy atom. The van der Waals surface area contributed by atoms with Crippen molar-refractivity contribution in [3.63, 3.8) is 0 Å². The minimum atomic E-state index is -1.31. The number of aromatic nitrogens is 4. The SMILES string of the molecule is COc1ccc(F)cc1-n1nnc(C(=O)O)n1. The average molecular weight is 238 g/mol. The number of hydrogen-bond donors (Lipinski definition) is 1. The maximum absolute atomic E-state index is 13.1. The first-order valence-electron chi connectivity index (χ1n) is 4.49. The van der Waals surface area contributed by atoms with Crippen molar-refractivity contribution in [1.29, 1.82) is 0 Å². The third-order valence-electron chi connectivity index (χ3n) is 1.96. The summed E-state index contributed by atoms with van der Waals surface area (Å²) < 4.78 is 18.1. The first-order chi connectivity index (χ1) is 8.11. The quantitative estimate of drug-likeness (QED) is 0.837. The van der Waals surface area contributed by atoms with Crippen molar-refractivity contribution in [3.05, 3.63) is 29.8 Å².